The summed E-state index contributed by atoms with van der Waals surface area (Å²) in [7, 11) is 0. The summed E-state index contributed by atoms with van der Waals surface area (Å²) in [5, 5.41) is 4.63. The molecule has 3 heteroatoms. The van der Waals surface area contributed by atoms with Gasteiger partial charge in [-0.1, -0.05) is 35.5 Å². The normalized spacial score (nSPS) is 34.8. The molecule has 1 aromatic carbocycles. The molecule has 0 amide bonds. The molecule has 23 heavy (non-hydrogen) atoms. The van der Waals surface area contributed by atoms with Crippen LogP contribution in [-0.2, 0) is 4.84 Å². The topological polar surface area (TPSA) is 21.6 Å². The maximum atomic E-state index is 5.59. The van der Waals surface area contributed by atoms with Gasteiger partial charge in [-0.15, -0.1) is 0 Å². The lowest BCUT2D eigenvalue weighted by atomic mass is 9.48. The van der Waals surface area contributed by atoms with Gasteiger partial charge < -0.3 is 4.84 Å². The Morgan fingerprint density at radius 1 is 1.09 bits per heavy atom. The van der Waals surface area contributed by atoms with E-state index in [2.05, 4.69) is 45.3 Å². The van der Waals surface area contributed by atoms with E-state index in [0.717, 1.165) is 17.8 Å². The summed E-state index contributed by atoms with van der Waals surface area (Å²) >= 11 is 2.04. The fourth-order valence-corrected chi connectivity index (χ4v) is 5.76. The zero-order chi connectivity index (χ0) is 15.7. The quantitative estimate of drug-likeness (QED) is 0.221. The maximum Gasteiger partial charge on any atom is 0.178 e. The van der Waals surface area contributed by atoms with Gasteiger partial charge in [0.15, 0.2) is 6.61 Å². The largest absolute Gasteiger partial charge is 0.382 e. The summed E-state index contributed by atoms with van der Waals surface area (Å²) in [4.78, 5) is 5.59. The van der Waals surface area contributed by atoms with Crippen LogP contribution >= 0.6 is 22.6 Å². The fraction of sp³-hybridized carbons (Fsp3) is 0.550. The van der Waals surface area contributed by atoms with Gasteiger partial charge in [-0.25, -0.2) is 0 Å². The predicted octanol–water partition coefficient (Wildman–Crippen LogP) is 5.02. The van der Waals surface area contributed by atoms with Crippen LogP contribution in [0, 0.1) is 33.0 Å². The highest BCUT2D eigenvalue weighted by molar-refractivity contribution is 14.1. The smallest absolute Gasteiger partial charge is 0.178 e. The molecule has 0 aliphatic heterocycles. The van der Waals surface area contributed by atoms with Gasteiger partial charge in [0.2, 0.25) is 0 Å². The van der Waals surface area contributed by atoms with Gasteiger partial charge in [0.1, 0.15) is 0 Å². The third-order valence-corrected chi connectivity index (χ3v) is 6.33. The average molecular weight is 419 g/mol. The van der Waals surface area contributed by atoms with Crippen molar-refractivity contribution < 1.29 is 4.84 Å². The number of nitrogens with zero attached hydrogens (tertiary/aromatic N) is 1. The van der Waals surface area contributed by atoms with Crippen molar-refractivity contribution in [3.8, 4) is 9.85 Å². The zero-order valence-electron chi connectivity index (χ0n) is 13.3. The lowest BCUT2D eigenvalue weighted by molar-refractivity contribution is -0.0141. The number of halogens is 1. The van der Waals surface area contributed by atoms with Crippen molar-refractivity contribution in [3.63, 3.8) is 0 Å². The molecule has 4 fully saturated rings. The first kappa shape index (κ1) is 15.5. The second kappa shape index (κ2) is 6.47. The third kappa shape index (κ3) is 3.03. The standard InChI is InChI=1S/C20H22INO/c21-7-4-8-23-22-19(18-5-2-1-3-6-18)20-12-15-9-16(13-20)11-17(10-15)14-20/h1-3,5-6,15-17H,8-14H2/b22-19+. The first-order valence-corrected chi connectivity index (χ1v) is 9.71. The Bertz CT molecular complexity index is 620. The molecule has 0 heterocycles. The van der Waals surface area contributed by atoms with Crippen LogP contribution < -0.4 is 0 Å². The van der Waals surface area contributed by atoms with E-state index < -0.39 is 0 Å². The van der Waals surface area contributed by atoms with Crippen LogP contribution in [-0.4, -0.2) is 12.3 Å². The van der Waals surface area contributed by atoms with Gasteiger partial charge in [-0.3, -0.25) is 0 Å². The van der Waals surface area contributed by atoms with E-state index in [1.54, 1.807) is 0 Å². The van der Waals surface area contributed by atoms with Gasteiger partial charge >= 0.3 is 0 Å². The van der Waals surface area contributed by atoms with Crippen molar-refractivity contribution in [3.05, 3.63) is 35.9 Å². The summed E-state index contributed by atoms with van der Waals surface area (Å²) in [5.74, 6) is 5.66. The highest BCUT2D eigenvalue weighted by Crippen LogP contribution is 2.61. The minimum atomic E-state index is 0.244. The maximum absolute atomic E-state index is 5.59. The predicted molar refractivity (Wildman–Crippen MR) is 101 cm³/mol. The van der Waals surface area contributed by atoms with E-state index in [4.69, 9.17) is 4.84 Å². The van der Waals surface area contributed by atoms with Crippen molar-refractivity contribution >= 4 is 28.3 Å². The van der Waals surface area contributed by atoms with Crippen molar-refractivity contribution in [2.75, 3.05) is 6.61 Å². The van der Waals surface area contributed by atoms with Crippen LogP contribution in [0.5, 0.6) is 0 Å². The zero-order valence-corrected chi connectivity index (χ0v) is 15.5. The van der Waals surface area contributed by atoms with Gasteiger partial charge in [-0.05, 0) is 71.7 Å². The monoisotopic (exact) mass is 419 g/mol. The van der Waals surface area contributed by atoms with E-state index in [-0.39, 0.29) is 5.41 Å². The molecular weight excluding hydrogens is 397 g/mol. The SMILES string of the molecule is IC#CCO/N=C(\c1ccccc1)C12CC3CC(CC(C3)C1)C2. The highest BCUT2D eigenvalue weighted by Gasteiger charge is 2.53. The van der Waals surface area contributed by atoms with E-state index >= 15 is 0 Å². The Hall–Kier alpha value is -1.02. The molecule has 0 saturated heterocycles. The lowest BCUT2D eigenvalue weighted by Gasteiger charge is -2.56. The van der Waals surface area contributed by atoms with Crippen LogP contribution in [0.25, 0.3) is 0 Å². The molecule has 0 unspecified atom stereocenters. The van der Waals surface area contributed by atoms with Crippen LogP contribution in [0.2, 0.25) is 0 Å². The average Bonchev–Trinajstić information content (AvgIpc) is 2.54. The second-order valence-corrected chi connectivity index (χ2v) is 8.09. The number of hydrogen-bond acceptors (Lipinski definition) is 2. The first-order valence-electron chi connectivity index (χ1n) is 8.63. The fourth-order valence-electron chi connectivity index (χ4n) is 5.61. The van der Waals surface area contributed by atoms with Crippen molar-refractivity contribution in [1.82, 2.24) is 0 Å². The van der Waals surface area contributed by atoms with Crippen LogP contribution in [0.3, 0.4) is 0 Å². The van der Waals surface area contributed by atoms with Gasteiger partial charge in [0, 0.05) is 28.0 Å². The third-order valence-electron chi connectivity index (χ3n) is 5.95. The summed E-state index contributed by atoms with van der Waals surface area (Å²) in [6.45, 7) is 0.381. The van der Waals surface area contributed by atoms with Gasteiger partial charge in [-0.2, -0.15) is 0 Å². The summed E-state index contributed by atoms with van der Waals surface area (Å²) in [6, 6.07) is 10.7. The van der Waals surface area contributed by atoms with Crippen LogP contribution in [0.4, 0.5) is 0 Å². The molecular formula is C20H22INO. The lowest BCUT2D eigenvalue weighted by Crippen LogP contribution is -2.50. The Morgan fingerprint density at radius 3 is 2.26 bits per heavy atom. The Labute approximate surface area is 152 Å². The Kier molecular flexibility index (Phi) is 4.36. The Balaban J connectivity index is 1.68. The molecule has 0 atom stereocenters. The molecule has 0 N–H and O–H groups in total. The number of benzene rings is 1. The van der Waals surface area contributed by atoms with Crippen molar-refractivity contribution in [2.45, 2.75) is 38.5 Å². The van der Waals surface area contributed by atoms with Crippen LogP contribution in [0.1, 0.15) is 44.1 Å². The molecule has 1 aromatic rings. The number of oxime groups is 1. The molecule has 0 spiro atoms. The Morgan fingerprint density at radius 2 is 1.70 bits per heavy atom. The molecule has 4 bridgehead atoms. The molecule has 0 radical (unpaired) electrons. The van der Waals surface area contributed by atoms with E-state index in [0.29, 0.717) is 6.61 Å². The van der Waals surface area contributed by atoms with Crippen LogP contribution in [0.15, 0.2) is 35.5 Å². The van der Waals surface area contributed by atoms with Crippen molar-refractivity contribution in [2.24, 2.45) is 28.3 Å². The molecule has 4 aliphatic carbocycles. The summed E-state index contributed by atoms with van der Waals surface area (Å²) in [5.41, 5.74) is 2.66. The molecule has 120 valence electrons. The van der Waals surface area contributed by atoms with E-state index in [1.165, 1.54) is 49.8 Å². The minimum absolute atomic E-state index is 0.244. The summed E-state index contributed by atoms with van der Waals surface area (Å²) in [6.07, 6.45) is 8.24. The first-order chi connectivity index (χ1) is 11.3. The van der Waals surface area contributed by atoms with E-state index in [1.807, 2.05) is 22.6 Å². The number of hydrogen-bond donors (Lipinski definition) is 0. The minimum Gasteiger partial charge on any atom is -0.382 e. The highest BCUT2D eigenvalue weighted by atomic mass is 127. The molecule has 0 aromatic heterocycles. The molecule has 4 aliphatic rings. The number of rotatable bonds is 4. The molecule has 5 rings (SSSR count). The summed E-state index contributed by atoms with van der Waals surface area (Å²) < 4.78 is 2.84. The van der Waals surface area contributed by atoms with E-state index in [9.17, 15) is 0 Å². The molecule has 4 saturated carbocycles. The van der Waals surface area contributed by atoms with Gasteiger partial charge in [0.05, 0.1) is 5.71 Å². The van der Waals surface area contributed by atoms with Gasteiger partial charge in [0.25, 0.3) is 0 Å². The molecule has 2 nitrogen and oxygen atoms in total. The van der Waals surface area contributed by atoms with Crippen molar-refractivity contribution in [1.29, 1.82) is 0 Å². The second-order valence-electron chi connectivity index (χ2n) is 7.55.